The fourth-order valence-electron chi connectivity index (χ4n) is 7.02. The Bertz CT molecular complexity index is 1880. The summed E-state index contributed by atoms with van der Waals surface area (Å²) < 4.78 is 46.5. The van der Waals surface area contributed by atoms with Crippen LogP contribution in [0.15, 0.2) is 78.9 Å². The van der Waals surface area contributed by atoms with Gasteiger partial charge in [0.15, 0.2) is 5.60 Å². The van der Waals surface area contributed by atoms with Gasteiger partial charge in [0.1, 0.15) is 17.6 Å². The molecule has 4 amide bonds. The van der Waals surface area contributed by atoms with E-state index in [-0.39, 0.29) is 0 Å². The van der Waals surface area contributed by atoms with E-state index in [1.807, 2.05) is 42.6 Å². The first-order valence-corrected chi connectivity index (χ1v) is 19.0. The van der Waals surface area contributed by atoms with Crippen LogP contribution in [0.4, 0.5) is 13.2 Å². The van der Waals surface area contributed by atoms with E-state index in [2.05, 4.69) is 5.32 Å². The Morgan fingerprint density at radius 3 is 1.95 bits per heavy atom. The first kappa shape index (κ1) is 43.8. The summed E-state index contributed by atoms with van der Waals surface area (Å²) >= 11 is 6.84. The predicted octanol–water partition coefficient (Wildman–Crippen LogP) is 6.56. The molecule has 0 spiro atoms. The van der Waals surface area contributed by atoms with Crippen molar-refractivity contribution in [2.75, 3.05) is 20.1 Å². The SMILES string of the molecule is Cc1ccc(C(OC(=O)C[C@H](NC(=O)[C@H](C(C)C)N(C)C(=O)[C@@](C)(NC(=O)C(F)(F)F)C(C)C)C(=O)N2CCCC2)(c2ccccc2)c2ccccc2Cl)cc1. The van der Waals surface area contributed by atoms with E-state index in [1.165, 1.54) is 20.9 Å². The predicted molar refractivity (Wildman–Crippen MR) is 206 cm³/mol. The minimum absolute atomic E-state index is 0.315. The highest BCUT2D eigenvalue weighted by atomic mass is 35.5. The summed E-state index contributed by atoms with van der Waals surface area (Å²) in [6.07, 6.45) is -4.43. The van der Waals surface area contributed by atoms with Gasteiger partial charge in [-0.1, -0.05) is 118 Å². The minimum atomic E-state index is -5.26. The molecule has 1 aliphatic rings. The highest BCUT2D eigenvalue weighted by Gasteiger charge is 2.49. The topological polar surface area (TPSA) is 125 Å². The van der Waals surface area contributed by atoms with Gasteiger partial charge in [-0.2, -0.15) is 13.2 Å². The summed E-state index contributed by atoms with van der Waals surface area (Å²) in [5.41, 5.74) is -1.08. The lowest BCUT2D eigenvalue weighted by Gasteiger charge is -2.40. The first-order valence-electron chi connectivity index (χ1n) is 18.6. The molecule has 4 atom stereocenters. The molecule has 1 unspecified atom stereocenters. The lowest BCUT2D eigenvalue weighted by atomic mass is 9.79. The number of aryl methyl sites for hydroxylation is 1. The molecule has 1 fully saturated rings. The number of benzene rings is 3. The summed E-state index contributed by atoms with van der Waals surface area (Å²) in [5.74, 6) is -6.91. The Hall–Kier alpha value is -4.91. The van der Waals surface area contributed by atoms with E-state index in [9.17, 15) is 37.1 Å². The van der Waals surface area contributed by atoms with Crippen LogP contribution in [0.2, 0.25) is 5.02 Å². The van der Waals surface area contributed by atoms with Crippen LogP contribution in [-0.2, 0) is 34.3 Å². The number of nitrogens with zero attached hydrogens (tertiary/aromatic N) is 2. The average molecular weight is 799 g/mol. The second kappa shape index (κ2) is 17.9. The van der Waals surface area contributed by atoms with Gasteiger partial charge in [-0.05, 0) is 44.6 Å². The van der Waals surface area contributed by atoms with Crippen molar-refractivity contribution in [2.45, 2.75) is 90.2 Å². The van der Waals surface area contributed by atoms with Gasteiger partial charge in [-0.15, -0.1) is 0 Å². The number of esters is 1. The largest absolute Gasteiger partial charge is 0.471 e. The monoisotopic (exact) mass is 798 g/mol. The number of carbonyl (C=O) groups is 5. The molecule has 14 heteroatoms. The van der Waals surface area contributed by atoms with Crippen molar-refractivity contribution in [3.05, 3.63) is 106 Å². The van der Waals surface area contributed by atoms with Gasteiger partial charge in [0.25, 0.3) is 0 Å². The van der Waals surface area contributed by atoms with Crippen LogP contribution in [0.3, 0.4) is 0 Å². The normalized spacial score (nSPS) is 16.3. The number of halogens is 4. The van der Waals surface area contributed by atoms with Crippen LogP contribution in [0.1, 0.15) is 76.1 Å². The zero-order valence-corrected chi connectivity index (χ0v) is 33.5. The van der Waals surface area contributed by atoms with Crippen molar-refractivity contribution in [3.8, 4) is 0 Å². The number of nitrogens with one attached hydrogen (secondary N) is 2. The first-order chi connectivity index (χ1) is 26.2. The molecule has 2 N–H and O–H groups in total. The number of ether oxygens (including phenoxy) is 1. The molecule has 0 radical (unpaired) electrons. The van der Waals surface area contributed by atoms with Crippen molar-refractivity contribution in [2.24, 2.45) is 11.8 Å². The Labute approximate surface area is 331 Å². The van der Waals surface area contributed by atoms with Crippen molar-refractivity contribution in [1.82, 2.24) is 20.4 Å². The van der Waals surface area contributed by atoms with Crippen LogP contribution in [0.5, 0.6) is 0 Å². The van der Waals surface area contributed by atoms with Gasteiger partial charge >= 0.3 is 18.1 Å². The van der Waals surface area contributed by atoms with Gasteiger partial charge in [0.05, 0.1) is 6.42 Å². The third-order valence-electron chi connectivity index (χ3n) is 10.4. The third kappa shape index (κ3) is 9.54. The maximum Gasteiger partial charge on any atom is 0.471 e. The molecule has 1 aliphatic heterocycles. The van der Waals surface area contributed by atoms with Gasteiger partial charge in [-0.3, -0.25) is 24.0 Å². The highest BCUT2D eigenvalue weighted by Crippen LogP contribution is 2.44. The fourth-order valence-corrected chi connectivity index (χ4v) is 7.29. The molecule has 0 aliphatic carbocycles. The van der Waals surface area contributed by atoms with Crippen LogP contribution in [-0.4, -0.2) is 83.3 Å². The standard InChI is InChI=1S/C42H50ClF3N4O6/c1-26(2)35(49(7)39(55)40(6,27(3)4)48-38(54)42(44,45)46)36(52)47-33(37(53)50-23-13-14-24-50)25-34(51)56-41(29-15-9-8-10-16-29,30-21-19-28(5)20-22-30)31-17-11-12-18-32(31)43/h8-12,15-22,26-27,33,35H,13-14,23-25H2,1-7H3,(H,47,52)(H,48,54)/t33-,35-,40-,41?/m0/s1. The molecule has 0 bridgehead atoms. The molecule has 1 heterocycles. The van der Waals surface area contributed by atoms with Gasteiger partial charge in [-0.25, -0.2) is 0 Å². The molecule has 0 saturated carbocycles. The second-order valence-electron chi connectivity index (χ2n) is 15.1. The summed E-state index contributed by atoms with van der Waals surface area (Å²) in [7, 11) is 1.25. The molecule has 10 nitrogen and oxygen atoms in total. The minimum Gasteiger partial charge on any atom is -0.444 e. The lowest BCUT2D eigenvalue weighted by Crippen LogP contribution is -2.65. The molecule has 1 saturated heterocycles. The van der Waals surface area contributed by atoms with Crippen LogP contribution in [0.25, 0.3) is 0 Å². The molecule has 56 heavy (non-hydrogen) atoms. The number of hydrogen-bond acceptors (Lipinski definition) is 6. The number of amides is 4. The molecular formula is C42H50ClF3N4O6. The van der Waals surface area contributed by atoms with E-state index in [0.29, 0.717) is 34.8 Å². The Balaban J connectivity index is 1.74. The van der Waals surface area contributed by atoms with Gasteiger partial charge in [0.2, 0.25) is 17.7 Å². The molecular weight excluding hydrogens is 749 g/mol. The van der Waals surface area contributed by atoms with Crippen LogP contribution >= 0.6 is 11.6 Å². The van der Waals surface area contributed by atoms with Crippen LogP contribution < -0.4 is 10.6 Å². The Morgan fingerprint density at radius 1 is 0.857 bits per heavy atom. The summed E-state index contributed by atoms with van der Waals surface area (Å²) in [6, 6.07) is 20.6. The number of carbonyl (C=O) groups excluding carboxylic acids is 5. The van der Waals surface area contributed by atoms with E-state index < -0.39 is 77.3 Å². The Morgan fingerprint density at radius 2 is 1.41 bits per heavy atom. The van der Waals surface area contributed by atoms with E-state index >= 15 is 0 Å². The zero-order chi connectivity index (χ0) is 41.6. The van der Waals surface area contributed by atoms with Crippen molar-refractivity contribution in [1.29, 1.82) is 0 Å². The molecule has 3 aromatic rings. The highest BCUT2D eigenvalue weighted by molar-refractivity contribution is 6.31. The zero-order valence-electron chi connectivity index (χ0n) is 32.7. The van der Waals surface area contributed by atoms with Gasteiger partial charge in [0, 0.05) is 41.9 Å². The van der Waals surface area contributed by atoms with E-state index in [0.717, 1.165) is 30.2 Å². The molecule has 4 rings (SSSR count). The number of likely N-dealkylation sites (tertiary alicyclic amines) is 1. The summed E-state index contributed by atoms with van der Waals surface area (Å²) in [5, 5.41) is 4.83. The molecule has 3 aromatic carbocycles. The van der Waals surface area contributed by atoms with Crippen molar-refractivity contribution in [3.63, 3.8) is 0 Å². The second-order valence-corrected chi connectivity index (χ2v) is 15.5. The van der Waals surface area contributed by atoms with Crippen molar-refractivity contribution >= 4 is 41.2 Å². The average Bonchev–Trinajstić information content (AvgIpc) is 3.69. The number of likely N-dealkylation sites (N-methyl/N-ethyl adjacent to an activating group) is 1. The van der Waals surface area contributed by atoms with Gasteiger partial charge < -0.3 is 25.2 Å². The molecule has 0 aromatic heterocycles. The number of rotatable bonds is 14. The quantitative estimate of drug-likeness (QED) is 0.141. The van der Waals surface area contributed by atoms with E-state index in [4.69, 9.17) is 16.3 Å². The number of alkyl halides is 3. The maximum atomic E-state index is 14.4. The number of hydrogen-bond donors (Lipinski definition) is 2. The Kier molecular flexibility index (Phi) is 14.0. The molecule has 302 valence electrons. The van der Waals surface area contributed by atoms with Crippen LogP contribution in [0, 0.1) is 18.8 Å². The third-order valence-corrected chi connectivity index (χ3v) is 10.8. The van der Waals surface area contributed by atoms with E-state index in [1.54, 1.807) is 67.3 Å². The summed E-state index contributed by atoms with van der Waals surface area (Å²) in [4.78, 5) is 71.2. The smallest absolute Gasteiger partial charge is 0.444 e. The maximum absolute atomic E-state index is 14.4. The fraction of sp³-hybridized carbons (Fsp3) is 0.452. The lowest BCUT2D eigenvalue weighted by molar-refractivity contribution is -0.177. The van der Waals surface area contributed by atoms with Crippen molar-refractivity contribution < 1.29 is 41.9 Å². The summed E-state index contributed by atoms with van der Waals surface area (Å²) in [6.45, 7) is 10.1.